The number of fused-ring (bicyclic) bond motifs is 1. The molecule has 1 amide bonds. The zero-order valence-corrected chi connectivity index (χ0v) is 21.0. The molecule has 2 aliphatic rings. The molecule has 182 valence electrons. The minimum atomic E-state index is -0.434. The van der Waals surface area contributed by atoms with E-state index in [0.717, 1.165) is 22.4 Å². The van der Waals surface area contributed by atoms with Gasteiger partial charge in [0.25, 0.3) is 0 Å². The third kappa shape index (κ3) is 4.47. The van der Waals surface area contributed by atoms with Crippen molar-refractivity contribution in [2.45, 2.75) is 31.5 Å². The number of methoxy groups -OCH3 is 1. The number of likely N-dealkylation sites (tertiary alicyclic amines) is 1. The molecule has 0 saturated carbocycles. The van der Waals surface area contributed by atoms with E-state index in [0.29, 0.717) is 28.6 Å². The molecule has 3 aromatic carbocycles. The molecule has 4 unspecified atom stereocenters. The Morgan fingerprint density at radius 3 is 2.37 bits per heavy atom. The van der Waals surface area contributed by atoms with Crippen molar-refractivity contribution in [1.82, 2.24) is 15.8 Å². The fourth-order valence-electron chi connectivity index (χ4n) is 5.25. The van der Waals surface area contributed by atoms with Gasteiger partial charge >= 0.3 is 0 Å². The number of nitrogens with zero attached hydrogens (tertiary/aromatic N) is 1. The second-order valence-corrected chi connectivity index (χ2v) is 9.95. The molecule has 5 rings (SSSR count). The van der Waals surface area contributed by atoms with Gasteiger partial charge in [0.1, 0.15) is 17.5 Å². The summed E-state index contributed by atoms with van der Waals surface area (Å²) in [5.74, 6) is 0.820. The molecule has 0 aromatic heterocycles. The van der Waals surface area contributed by atoms with Crippen LogP contribution in [0.1, 0.15) is 34.3 Å². The van der Waals surface area contributed by atoms with Crippen LogP contribution in [0.5, 0.6) is 11.5 Å². The van der Waals surface area contributed by atoms with E-state index in [1.807, 2.05) is 60.4 Å². The molecule has 0 bridgehead atoms. The van der Waals surface area contributed by atoms with Crippen molar-refractivity contribution in [2.75, 3.05) is 13.7 Å². The topological polar surface area (TPSA) is 73.8 Å². The van der Waals surface area contributed by atoms with Gasteiger partial charge in [-0.05, 0) is 66.4 Å². The van der Waals surface area contributed by atoms with Gasteiger partial charge in [-0.15, -0.1) is 0 Å². The van der Waals surface area contributed by atoms with E-state index in [2.05, 4.69) is 10.9 Å². The second kappa shape index (κ2) is 9.70. The van der Waals surface area contributed by atoms with Crippen molar-refractivity contribution in [3.63, 3.8) is 0 Å². The van der Waals surface area contributed by atoms with Crippen molar-refractivity contribution in [2.24, 2.45) is 5.92 Å². The average molecular weight is 512 g/mol. The van der Waals surface area contributed by atoms with Gasteiger partial charge in [-0.1, -0.05) is 47.5 Å². The molecule has 0 spiro atoms. The number of phenols is 1. The van der Waals surface area contributed by atoms with Gasteiger partial charge in [0, 0.05) is 28.1 Å². The van der Waals surface area contributed by atoms with Crippen LogP contribution in [0.25, 0.3) is 0 Å². The van der Waals surface area contributed by atoms with Crippen LogP contribution < -0.4 is 15.6 Å². The summed E-state index contributed by atoms with van der Waals surface area (Å²) in [6.45, 7) is 2.41. The Morgan fingerprint density at radius 1 is 1.00 bits per heavy atom. The van der Waals surface area contributed by atoms with E-state index >= 15 is 0 Å². The Morgan fingerprint density at radius 2 is 1.69 bits per heavy atom. The van der Waals surface area contributed by atoms with Crippen LogP contribution in [-0.2, 0) is 11.2 Å². The summed E-state index contributed by atoms with van der Waals surface area (Å²) in [5, 5.41) is 12.0. The predicted molar refractivity (Wildman–Crippen MR) is 137 cm³/mol. The molecular weight excluding hydrogens is 485 g/mol. The number of amides is 1. The third-order valence-corrected chi connectivity index (χ3v) is 7.73. The van der Waals surface area contributed by atoms with E-state index in [9.17, 15) is 9.90 Å². The number of aromatic hydroxyl groups is 1. The Bertz CT molecular complexity index is 1230. The molecule has 2 fully saturated rings. The summed E-state index contributed by atoms with van der Waals surface area (Å²) in [6.07, 6.45) is 0.707. The van der Waals surface area contributed by atoms with Crippen LogP contribution in [0, 0.1) is 12.8 Å². The number of hydrazine groups is 1. The van der Waals surface area contributed by atoms with Gasteiger partial charge in [0.2, 0.25) is 5.91 Å². The maximum atomic E-state index is 13.6. The summed E-state index contributed by atoms with van der Waals surface area (Å²) in [4.78, 5) is 15.6. The number of carbonyl (C=O) groups excluding carboxylic acids is 1. The highest BCUT2D eigenvalue weighted by atomic mass is 35.5. The molecular formula is C27H27Cl2N3O3. The summed E-state index contributed by atoms with van der Waals surface area (Å²) < 4.78 is 5.26. The molecule has 2 aliphatic heterocycles. The number of carbonyl (C=O) groups is 1. The number of hydrogen-bond acceptors (Lipinski definition) is 5. The Balaban J connectivity index is 1.50. The highest BCUT2D eigenvalue weighted by Gasteiger charge is 2.55. The smallest absolute Gasteiger partial charge is 0.242 e. The fraction of sp³-hybridized carbons (Fsp3) is 0.296. The fourth-order valence-corrected chi connectivity index (χ4v) is 5.55. The Hall–Kier alpha value is -2.77. The van der Waals surface area contributed by atoms with Crippen molar-refractivity contribution in [3.05, 3.63) is 93.0 Å². The van der Waals surface area contributed by atoms with Crippen molar-refractivity contribution in [3.8, 4) is 11.5 Å². The second-order valence-electron chi connectivity index (χ2n) is 9.11. The summed E-state index contributed by atoms with van der Waals surface area (Å²) >= 11 is 12.6. The molecule has 3 N–H and O–H groups in total. The van der Waals surface area contributed by atoms with Crippen molar-refractivity contribution < 1.29 is 14.6 Å². The zero-order chi connectivity index (χ0) is 24.7. The molecule has 35 heavy (non-hydrogen) atoms. The highest BCUT2D eigenvalue weighted by Crippen LogP contribution is 2.49. The number of hydrogen-bond donors (Lipinski definition) is 3. The summed E-state index contributed by atoms with van der Waals surface area (Å²) in [7, 11) is 1.64. The minimum Gasteiger partial charge on any atom is -0.508 e. The minimum absolute atomic E-state index is 0.0242. The van der Waals surface area contributed by atoms with Gasteiger partial charge in [-0.3, -0.25) is 4.79 Å². The first kappa shape index (κ1) is 23.9. The van der Waals surface area contributed by atoms with Gasteiger partial charge < -0.3 is 14.7 Å². The molecule has 2 heterocycles. The first-order chi connectivity index (χ1) is 16.9. The van der Waals surface area contributed by atoms with E-state index in [4.69, 9.17) is 27.9 Å². The molecule has 0 radical (unpaired) electrons. The number of ether oxygens (including phenoxy) is 1. The molecule has 0 aliphatic carbocycles. The Kier molecular flexibility index (Phi) is 6.64. The van der Waals surface area contributed by atoms with Gasteiger partial charge in [-0.25, -0.2) is 10.9 Å². The normalized spacial score (nSPS) is 23.5. The highest BCUT2D eigenvalue weighted by molar-refractivity contribution is 6.31. The van der Waals surface area contributed by atoms with E-state index < -0.39 is 6.04 Å². The molecule has 4 atom stereocenters. The molecule has 2 saturated heterocycles. The lowest BCUT2D eigenvalue weighted by atomic mass is 9.83. The van der Waals surface area contributed by atoms with Gasteiger partial charge in [0.05, 0.1) is 19.2 Å². The van der Waals surface area contributed by atoms with Crippen LogP contribution >= 0.6 is 23.2 Å². The van der Waals surface area contributed by atoms with E-state index in [-0.39, 0.29) is 29.7 Å². The number of benzene rings is 3. The first-order valence-corrected chi connectivity index (χ1v) is 12.3. The summed E-state index contributed by atoms with van der Waals surface area (Å²) in [5.41, 5.74) is 10.0. The van der Waals surface area contributed by atoms with Crippen LogP contribution in [0.15, 0.2) is 60.7 Å². The van der Waals surface area contributed by atoms with Crippen LogP contribution in [0.4, 0.5) is 0 Å². The SMILES string of the molecule is COc1ccc(CCN2C(=O)C3NNC(c4cc(Cl)c(C)cc4O)C3C2c2ccc(Cl)cc2)cc1. The average Bonchev–Trinajstić information content (AvgIpc) is 3.40. The van der Waals surface area contributed by atoms with Crippen LogP contribution in [0.2, 0.25) is 10.0 Å². The number of aryl methyl sites for hydroxylation is 1. The lowest BCUT2D eigenvalue weighted by Gasteiger charge is -2.31. The molecule has 6 nitrogen and oxygen atoms in total. The van der Waals surface area contributed by atoms with Crippen LogP contribution in [0.3, 0.4) is 0 Å². The predicted octanol–water partition coefficient (Wildman–Crippen LogP) is 4.98. The number of halogens is 2. The molecule has 8 heteroatoms. The number of rotatable bonds is 6. The quantitative estimate of drug-likeness (QED) is 0.435. The maximum Gasteiger partial charge on any atom is 0.242 e. The zero-order valence-electron chi connectivity index (χ0n) is 19.5. The lowest BCUT2D eigenvalue weighted by molar-refractivity contribution is -0.130. The van der Waals surface area contributed by atoms with Crippen LogP contribution in [-0.4, -0.2) is 35.6 Å². The number of nitrogens with one attached hydrogen (secondary N) is 2. The number of phenolic OH excluding ortho intramolecular Hbond substituents is 1. The Labute approximate surface area is 214 Å². The summed E-state index contributed by atoms with van der Waals surface area (Å²) in [6, 6.07) is 18.0. The van der Waals surface area contributed by atoms with E-state index in [1.54, 1.807) is 19.2 Å². The van der Waals surface area contributed by atoms with Crippen molar-refractivity contribution in [1.29, 1.82) is 0 Å². The standard InChI is InChI=1S/C27H27Cl2N3O3/c1-15-13-22(33)20(14-21(15)29)24-23-25(31-30-24)27(34)32(26(23)17-5-7-18(28)8-6-17)12-11-16-3-9-19(35-2)10-4-16/h3-10,13-14,23-26,30-31,33H,11-12H2,1-2H3. The lowest BCUT2D eigenvalue weighted by Crippen LogP contribution is -2.42. The maximum absolute atomic E-state index is 13.6. The van der Waals surface area contributed by atoms with Gasteiger partial charge in [-0.2, -0.15) is 0 Å². The molecule has 3 aromatic rings. The van der Waals surface area contributed by atoms with E-state index in [1.165, 1.54) is 0 Å². The third-order valence-electron chi connectivity index (χ3n) is 7.07. The van der Waals surface area contributed by atoms with Gasteiger partial charge in [0.15, 0.2) is 0 Å². The first-order valence-electron chi connectivity index (χ1n) is 11.6. The van der Waals surface area contributed by atoms with Crippen molar-refractivity contribution >= 4 is 29.1 Å². The monoisotopic (exact) mass is 511 g/mol. The largest absolute Gasteiger partial charge is 0.508 e.